The molecule has 0 radical (unpaired) electrons. The van der Waals surface area contributed by atoms with Gasteiger partial charge in [-0.1, -0.05) is 18.2 Å². The van der Waals surface area contributed by atoms with Gasteiger partial charge in [-0.05, 0) is 50.2 Å². The van der Waals surface area contributed by atoms with Crippen LogP contribution in [0.15, 0.2) is 54.9 Å². The lowest BCUT2D eigenvalue weighted by Gasteiger charge is -2.21. The van der Waals surface area contributed by atoms with Crippen LogP contribution >= 0.6 is 0 Å². The third-order valence-corrected chi connectivity index (χ3v) is 5.90. The molecule has 7 nitrogen and oxygen atoms in total. The molecule has 0 unspecified atom stereocenters. The zero-order valence-corrected chi connectivity index (χ0v) is 16.4. The summed E-state index contributed by atoms with van der Waals surface area (Å²) in [4.78, 5) is 17.6. The minimum Gasteiger partial charge on any atom is -0.337 e. The topological polar surface area (TPSA) is 95.2 Å². The second kappa shape index (κ2) is 7.03. The van der Waals surface area contributed by atoms with Gasteiger partial charge in [0.25, 0.3) is 0 Å². The fourth-order valence-electron chi connectivity index (χ4n) is 4.33. The van der Waals surface area contributed by atoms with Gasteiger partial charge in [-0.3, -0.25) is 15.1 Å². The van der Waals surface area contributed by atoms with Crippen LogP contribution < -0.4 is 5.32 Å². The van der Waals surface area contributed by atoms with Crippen LogP contribution in [0.5, 0.6) is 0 Å². The van der Waals surface area contributed by atoms with Crippen molar-refractivity contribution in [2.24, 2.45) is 0 Å². The van der Waals surface area contributed by atoms with Crippen molar-refractivity contribution in [1.29, 1.82) is 0 Å². The first kappa shape index (κ1) is 17.3. The molecule has 30 heavy (non-hydrogen) atoms. The summed E-state index contributed by atoms with van der Waals surface area (Å²) in [5, 5.41) is 12.1. The molecule has 0 atom stereocenters. The summed E-state index contributed by atoms with van der Waals surface area (Å²) in [6.45, 7) is 2.09. The van der Waals surface area contributed by atoms with Gasteiger partial charge in [-0.25, -0.2) is 4.98 Å². The molecule has 5 heterocycles. The Hall–Kier alpha value is -3.58. The van der Waals surface area contributed by atoms with E-state index in [1.807, 2.05) is 36.5 Å². The minimum absolute atomic E-state index is 0.491. The summed E-state index contributed by atoms with van der Waals surface area (Å²) >= 11 is 0. The Kier molecular flexibility index (Phi) is 4.06. The van der Waals surface area contributed by atoms with Crippen LogP contribution in [0.4, 0.5) is 0 Å². The Balaban J connectivity index is 1.47. The number of para-hydroxylation sites is 1. The lowest BCUT2D eigenvalue weighted by Crippen LogP contribution is -2.27. The summed E-state index contributed by atoms with van der Waals surface area (Å²) in [5.74, 6) is 1.24. The van der Waals surface area contributed by atoms with Gasteiger partial charge in [-0.2, -0.15) is 5.10 Å². The fraction of sp³-hybridized carbons (Fsp3) is 0.217. The number of benzene rings is 1. The van der Waals surface area contributed by atoms with Crippen LogP contribution in [0.25, 0.3) is 44.7 Å². The molecule has 1 aliphatic heterocycles. The van der Waals surface area contributed by atoms with E-state index in [9.17, 15) is 0 Å². The lowest BCUT2D eigenvalue weighted by atomic mass is 9.93. The molecule has 5 aromatic rings. The van der Waals surface area contributed by atoms with Gasteiger partial charge >= 0.3 is 0 Å². The molecular weight excluding hydrogens is 374 g/mol. The quantitative estimate of drug-likeness (QED) is 0.429. The van der Waals surface area contributed by atoms with Gasteiger partial charge < -0.3 is 10.3 Å². The SMILES string of the molecule is c1ccc(-c2cccc3[nH]c(-c4n[nH]c5cnc(C6CCNCC6)cc45)nc23)nc1. The molecule has 1 aromatic carbocycles. The number of aromatic amines is 2. The van der Waals surface area contributed by atoms with Crippen molar-refractivity contribution in [3.63, 3.8) is 0 Å². The fourth-order valence-corrected chi connectivity index (χ4v) is 4.33. The predicted molar refractivity (Wildman–Crippen MR) is 117 cm³/mol. The first-order chi connectivity index (χ1) is 14.9. The van der Waals surface area contributed by atoms with Crippen molar-refractivity contribution in [1.82, 2.24) is 35.5 Å². The van der Waals surface area contributed by atoms with Gasteiger partial charge in [0.15, 0.2) is 5.82 Å². The Morgan fingerprint density at radius 2 is 1.87 bits per heavy atom. The number of imidazole rings is 1. The van der Waals surface area contributed by atoms with E-state index in [4.69, 9.17) is 9.97 Å². The Bertz CT molecular complexity index is 1330. The first-order valence-electron chi connectivity index (χ1n) is 10.3. The minimum atomic E-state index is 0.491. The third kappa shape index (κ3) is 2.86. The zero-order chi connectivity index (χ0) is 19.9. The van der Waals surface area contributed by atoms with Gasteiger partial charge in [0.2, 0.25) is 0 Å². The van der Waals surface area contributed by atoms with E-state index in [0.717, 1.165) is 76.3 Å². The standard InChI is InChI=1S/C23H21N7/c1-2-9-25-17(5-1)15-4-3-6-18-21(15)28-23(27-18)22-16-12-19(14-7-10-24-11-8-14)26-13-20(16)29-30-22/h1-6,9,12-14,24H,7-8,10-11H2,(H,27,28)(H,29,30). The molecule has 0 bridgehead atoms. The maximum absolute atomic E-state index is 4.92. The van der Waals surface area contributed by atoms with Crippen molar-refractivity contribution >= 4 is 21.9 Å². The van der Waals surface area contributed by atoms with E-state index in [2.05, 4.69) is 37.6 Å². The molecule has 4 aromatic heterocycles. The number of fused-ring (bicyclic) bond motifs is 2. The monoisotopic (exact) mass is 395 g/mol. The molecule has 1 saturated heterocycles. The first-order valence-corrected chi connectivity index (χ1v) is 10.3. The summed E-state index contributed by atoms with van der Waals surface area (Å²) in [6.07, 6.45) is 5.93. The van der Waals surface area contributed by atoms with Gasteiger partial charge in [0.05, 0.1) is 28.4 Å². The van der Waals surface area contributed by atoms with Gasteiger partial charge in [0.1, 0.15) is 5.69 Å². The van der Waals surface area contributed by atoms with E-state index in [0.29, 0.717) is 5.92 Å². The van der Waals surface area contributed by atoms with Crippen LogP contribution in [-0.2, 0) is 0 Å². The average molecular weight is 395 g/mol. The second-order valence-electron chi connectivity index (χ2n) is 7.75. The van der Waals surface area contributed by atoms with Crippen molar-refractivity contribution < 1.29 is 0 Å². The van der Waals surface area contributed by atoms with E-state index in [1.165, 1.54) is 0 Å². The highest BCUT2D eigenvalue weighted by molar-refractivity contribution is 5.96. The van der Waals surface area contributed by atoms with E-state index < -0.39 is 0 Å². The molecule has 7 heteroatoms. The molecule has 0 amide bonds. The van der Waals surface area contributed by atoms with Crippen LogP contribution in [0.3, 0.4) is 0 Å². The van der Waals surface area contributed by atoms with Crippen molar-refractivity contribution in [3.8, 4) is 22.8 Å². The van der Waals surface area contributed by atoms with Crippen LogP contribution in [0.2, 0.25) is 0 Å². The number of hydrogen-bond acceptors (Lipinski definition) is 5. The number of aromatic nitrogens is 6. The zero-order valence-electron chi connectivity index (χ0n) is 16.4. The van der Waals surface area contributed by atoms with E-state index in [-0.39, 0.29) is 0 Å². The number of rotatable bonds is 3. The largest absolute Gasteiger partial charge is 0.337 e. The van der Waals surface area contributed by atoms with Crippen molar-refractivity contribution in [2.45, 2.75) is 18.8 Å². The molecule has 6 rings (SSSR count). The van der Waals surface area contributed by atoms with Gasteiger partial charge in [0, 0.05) is 28.8 Å². The van der Waals surface area contributed by atoms with Crippen LogP contribution in [-0.4, -0.2) is 43.2 Å². The highest BCUT2D eigenvalue weighted by Crippen LogP contribution is 2.32. The molecule has 0 saturated carbocycles. The third-order valence-electron chi connectivity index (χ3n) is 5.90. The molecule has 3 N–H and O–H groups in total. The van der Waals surface area contributed by atoms with Crippen molar-refractivity contribution in [2.75, 3.05) is 13.1 Å². The molecular formula is C23H21N7. The Labute approximate surface area is 173 Å². The highest BCUT2D eigenvalue weighted by atomic mass is 15.1. The summed E-state index contributed by atoms with van der Waals surface area (Å²) in [7, 11) is 0. The average Bonchev–Trinajstić information content (AvgIpc) is 3.43. The molecule has 148 valence electrons. The van der Waals surface area contributed by atoms with Crippen LogP contribution in [0.1, 0.15) is 24.5 Å². The summed E-state index contributed by atoms with van der Waals surface area (Å²) < 4.78 is 0. The van der Waals surface area contributed by atoms with E-state index >= 15 is 0 Å². The molecule has 0 spiro atoms. The number of nitrogens with zero attached hydrogens (tertiary/aromatic N) is 4. The number of H-pyrrole nitrogens is 2. The number of piperidine rings is 1. The molecule has 1 fully saturated rings. The maximum Gasteiger partial charge on any atom is 0.159 e. The van der Waals surface area contributed by atoms with Crippen molar-refractivity contribution in [3.05, 3.63) is 60.6 Å². The number of pyridine rings is 2. The lowest BCUT2D eigenvalue weighted by molar-refractivity contribution is 0.453. The maximum atomic E-state index is 4.92. The van der Waals surface area contributed by atoms with Gasteiger partial charge in [-0.15, -0.1) is 0 Å². The predicted octanol–water partition coefficient (Wildman–Crippen LogP) is 4.03. The van der Waals surface area contributed by atoms with E-state index in [1.54, 1.807) is 6.20 Å². The Morgan fingerprint density at radius 1 is 0.933 bits per heavy atom. The highest BCUT2D eigenvalue weighted by Gasteiger charge is 2.20. The summed E-state index contributed by atoms with van der Waals surface area (Å²) in [6, 6.07) is 14.2. The van der Waals surface area contributed by atoms with Crippen LogP contribution in [0, 0.1) is 0 Å². The summed E-state index contributed by atoms with van der Waals surface area (Å²) in [5.41, 5.74) is 6.67. The number of hydrogen-bond donors (Lipinski definition) is 3. The second-order valence-corrected chi connectivity index (χ2v) is 7.75. The Morgan fingerprint density at radius 3 is 2.73 bits per heavy atom. The molecule has 1 aliphatic rings. The normalized spacial score (nSPS) is 15.2. The number of nitrogens with one attached hydrogen (secondary N) is 3. The smallest absolute Gasteiger partial charge is 0.159 e. The molecule has 0 aliphatic carbocycles.